The number of piperazine rings is 1. The van der Waals surface area contributed by atoms with E-state index in [9.17, 15) is 4.79 Å². The van der Waals surface area contributed by atoms with Crippen molar-refractivity contribution in [2.45, 2.75) is 32.6 Å². The van der Waals surface area contributed by atoms with E-state index in [4.69, 9.17) is 21.6 Å². The predicted octanol–water partition coefficient (Wildman–Crippen LogP) is 5.14. The Hall–Kier alpha value is -2.92. The van der Waals surface area contributed by atoms with E-state index in [0.29, 0.717) is 16.8 Å². The highest BCUT2D eigenvalue weighted by Crippen LogP contribution is 2.31. The maximum atomic E-state index is 12.7. The molecule has 0 atom stereocenters. The number of carbonyl (C=O) groups excluding carboxylic acids is 1. The second-order valence-corrected chi connectivity index (χ2v) is 9.48. The third-order valence-electron chi connectivity index (χ3n) is 6.86. The summed E-state index contributed by atoms with van der Waals surface area (Å²) in [5.41, 5.74) is 4.33. The van der Waals surface area contributed by atoms with Crippen LogP contribution >= 0.6 is 11.6 Å². The minimum absolute atomic E-state index is 0.253. The van der Waals surface area contributed by atoms with Crippen molar-refractivity contribution in [3.63, 3.8) is 0 Å². The summed E-state index contributed by atoms with van der Waals surface area (Å²) in [4.78, 5) is 27.0. The molecular weight excluding hydrogens is 432 g/mol. The Bertz CT molecular complexity index is 1120. The van der Waals surface area contributed by atoms with Gasteiger partial charge in [-0.05, 0) is 49.6 Å². The van der Waals surface area contributed by atoms with Gasteiger partial charge in [0.05, 0.1) is 0 Å². The van der Waals surface area contributed by atoms with Crippen LogP contribution in [0.15, 0.2) is 54.6 Å². The van der Waals surface area contributed by atoms with Gasteiger partial charge in [-0.3, -0.25) is 4.79 Å². The van der Waals surface area contributed by atoms with Crippen LogP contribution in [0.3, 0.4) is 0 Å². The zero-order chi connectivity index (χ0) is 22.8. The largest absolute Gasteiger partial charge is 0.353 e. The Morgan fingerprint density at radius 1 is 0.970 bits per heavy atom. The number of rotatable bonds is 5. The number of hydrogen-bond donors (Lipinski definition) is 0. The van der Waals surface area contributed by atoms with Crippen LogP contribution in [0.5, 0.6) is 0 Å². The van der Waals surface area contributed by atoms with Crippen molar-refractivity contribution >= 4 is 23.3 Å². The lowest BCUT2D eigenvalue weighted by atomic mass is 9.84. The summed E-state index contributed by atoms with van der Waals surface area (Å²) in [5, 5.41) is 0.698. The molecule has 1 aliphatic heterocycles. The monoisotopic (exact) mass is 460 g/mol. The first-order valence-corrected chi connectivity index (χ1v) is 12.2. The van der Waals surface area contributed by atoms with E-state index in [-0.39, 0.29) is 5.92 Å². The quantitative estimate of drug-likeness (QED) is 0.528. The van der Waals surface area contributed by atoms with E-state index in [0.717, 1.165) is 68.1 Å². The zero-order valence-electron chi connectivity index (χ0n) is 19.0. The van der Waals surface area contributed by atoms with Gasteiger partial charge in [-0.2, -0.15) is 0 Å². The van der Waals surface area contributed by atoms with Gasteiger partial charge in [0.1, 0.15) is 5.82 Å². The molecule has 1 saturated heterocycles. The standard InChI is InChI=1S/C27H29ClN4O/c1-19-24(18-20-6-3-2-4-7-20)26(30-25(29-19)21-10-12-23(28)13-11-21)31-14-16-32(17-15-31)27(33)22-8-5-9-22/h2-4,6-7,10-13,22H,5,8-9,14-18H2,1H3. The Morgan fingerprint density at radius 2 is 1.67 bits per heavy atom. The number of aromatic nitrogens is 2. The minimum Gasteiger partial charge on any atom is -0.353 e. The lowest BCUT2D eigenvalue weighted by Crippen LogP contribution is -2.51. The third kappa shape index (κ3) is 4.74. The third-order valence-corrected chi connectivity index (χ3v) is 7.12. The number of anilines is 1. The molecule has 0 bridgehead atoms. The molecule has 6 heteroatoms. The van der Waals surface area contributed by atoms with Crippen LogP contribution < -0.4 is 4.90 Å². The molecule has 33 heavy (non-hydrogen) atoms. The van der Waals surface area contributed by atoms with Gasteiger partial charge in [-0.15, -0.1) is 0 Å². The van der Waals surface area contributed by atoms with Crippen LogP contribution in [0.25, 0.3) is 11.4 Å². The lowest BCUT2D eigenvalue weighted by molar-refractivity contribution is -0.138. The molecule has 2 aromatic carbocycles. The van der Waals surface area contributed by atoms with Crippen LogP contribution in [0.4, 0.5) is 5.82 Å². The Kier molecular flexibility index (Phi) is 6.32. The van der Waals surface area contributed by atoms with E-state index >= 15 is 0 Å². The van der Waals surface area contributed by atoms with Crippen LogP contribution in [0.1, 0.15) is 36.1 Å². The smallest absolute Gasteiger partial charge is 0.225 e. The van der Waals surface area contributed by atoms with Crippen molar-refractivity contribution in [2.24, 2.45) is 5.92 Å². The zero-order valence-corrected chi connectivity index (χ0v) is 19.8. The summed E-state index contributed by atoms with van der Waals surface area (Å²) >= 11 is 6.09. The molecule has 2 fully saturated rings. The fourth-order valence-corrected chi connectivity index (χ4v) is 4.76. The molecule has 0 N–H and O–H groups in total. The van der Waals surface area contributed by atoms with Crippen LogP contribution in [0, 0.1) is 12.8 Å². The highest BCUT2D eigenvalue weighted by molar-refractivity contribution is 6.30. The van der Waals surface area contributed by atoms with E-state index in [1.165, 1.54) is 12.0 Å². The summed E-state index contributed by atoms with van der Waals surface area (Å²) in [7, 11) is 0. The Morgan fingerprint density at radius 3 is 2.30 bits per heavy atom. The van der Waals surface area contributed by atoms with Crippen molar-refractivity contribution in [2.75, 3.05) is 31.1 Å². The van der Waals surface area contributed by atoms with Gasteiger partial charge in [0.15, 0.2) is 5.82 Å². The highest BCUT2D eigenvalue weighted by atomic mass is 35.5. The van der Waals surface area contributed by atoms with Gasteiger partial charge in [0, 0.05) is 60.4 Å². The summed E-state index contributed by atoms with van der Waals surface area (Å²) in [6.45, 7) is 5.14. The Balaban J connectivity index is 1.45. The molecule has 170 valence electrons. The number of hydrogen-bond acceptors (Lipinski definition) is 4. The summed E-state index contributed by atoms with van der Waals surface area (Å²) in [5.74, 6) is 2.28. The first kappa shape index (κ1) is 21.9. The van der Waals surface area contributed by atoms with E-state index in [2.05, 4.69) is 36.1 Å². The fraction of sp³-hybridized carbons (Fsp3) is 0.370. The minimum atomic E-state index is 0.253. The molecule has 5 nitrogen and oxygen atoms in total. The molecule has 0 unspecified atom stereocenters. The number of halogens is 1. The lowest BCUT2D eigenvalue weighted by Gasteiger charge is -2.39. The maximum Gasteiger partial charge on any atom is 0.225 e. The first-order valence-electron chi connectivity index (χ1n) is 11.8. The van der Waals surface area contributed by atoms with Crippen molar-refractivity contribution in [1.82, 2.24) is 14.9 Å². The predicted molar refractivity (Wildman–Crippen MR) is 133 cm³/mol. The molecule has 2 heterocycles. The van der Waals surface area contributed by atoms with E-state index in [1.807, 2.05) is 35.2 Å². The van der Waals surface area contributed by atoms with Crippen molar-refractivity contribution in [3.8, 4) is 11.4 Å². The average molecular weight is 461 g/mol. The molecule has 1 aromatic heterocycles. The normalized spacial score (nSPS) is 16.5. The molecular formula is C27H29ClN4O. The van der Waals surface area contributed by atoms with Gasteiger partial charge in [-0.1, -0.05) is 48.4 Å². The molecule has 3 aromatic rings. The molecule has 1 aliphatic carbocycles. The summed E-state index contributed by atoms with van der Waals surface area (Å²) < 4.78 is 0. The van der Waals surface area contributed by atoms with Gasteiger partial charge < -0.3 is 9.80 Å². The second-order valence-electron chi connectivity index (χ2n) is 9.04. The number of nitrogens with zero attached hydrogens (tertiary/aromatic N) is 4. The van der Waals surface area contributed by atoms with Gasteiger partial charge in [0.25, 0.3) is 0 Å². The summed E-state index contributed by atoms with van der Waals surface area (Å²) in [6.07, 6.45) is 4.07. The van der Waals surface area contributed by atoms with Crippen molar-refractivity contribution in [1.29, 1.82) is 0 Å². The topological polar surface area (TPSA) is 49.3 Å². The molecule has 0 radical (unpaired) electrons. The number of amides is 1. The number of benzene rings is 2. The van der Waals surface area contributed by atoms with Crippen LogP contribution in [-0.4, -0.2) is 47.0 Å². The first-order chi connectivity index (χ1) is 16.1. The fourth-order valence-electron chi connectivity index (χ4n) is 4.63. The number of carbonyl (C=O) groups is 1. The summed E-state index contributed by atoms with van der Waals surface area (Å²) in [6, 6.07) is 18.1. The van der Waals surface area contributed by atoms with Crippen LogP contribution in [-0.2, 0) is 11.2 Å². The van der Waals surface area contributed by atoms with Crippen molar-refractivity contribution in [3.05, 3.63) is 76.4 Å². The van der Waals surface area contributed by atoms with Crippen LogP contribution in [0.2, 0.25) is 5.02 Å². The van der Waals surface area contributed by atoms with Crippen molar-refractivity contribution < 1.29 is 4.79 Å². The van der Waals surface area contributed by atoms with E-state index in [1.54, 1.807) is 0 Å². The van der Waals surface area contributed by atoms with Gasteiger partial charge in [0.2, 0.25) is 5.91 Å². The van der Waals surface area contributed by atoms with Gasteiger partial charge in [-0.25, -0.2) is 9.97 Å². The Labute approximate surface area is 200 Å². The SMILES string of the molecule is Cc1nc(-c2ccc(Cl)cc2)nc(N2CCN(C(=O)C3CCC3)CC2)c1Cc1ccccc1. The molecule has 1 saturated carbocycles. The second kappa shape index (κ2) is 9.52. The van der Waals surface area contributed by atoms with E-state index < -0.39 is 0 Å². The maximum absolute atomic E-state index is 12.7. The molecule has 0 spiro atoms. The number of aryl methyl sites for hydroxylation is 1. The molecule has 5 rings (SSSR count). The molecule has 1 amide bonds. The molecule has 2 aliphatic rings. The highest BCUT2D eigenvalue weighted by Gasteiger charge is 2.32. The van der Waals surface area contributed by atoms with Gasteiger partial charge >= 0.3 is 0 Å². The average Bonchev–Trinajstić information content (AvgIpc) is 2.80.